The first-order valence-corrected chi connectivity index (χ1v) is 13.0. The summed E-state index contributed by atoms with van der Waals surface area (Å²) >= 11 is 8.53. The van der Waals surface area contributed by atoms with Crippen LogP contribution in [0.2, 0.25) is 4.34 Å². The van der Waals surface area contributed by atoms with Crippen LogP contribution in [0.4, 0.5) is 0 Å². The maximum Gasteiger partial charge on any atom is 0.250 e. The second-order valence-corrected chi connectivity index (χ2v) is 11.9. The van der Waals surface area contributed by atoms with E-state index >= 15 is 0 Å². The molecule has 5 heterocycles. The van der Waals surface area contributed by atoms with Crippen LogP contribution in [0.25, 0.3) is 20.7 Å². The molecule has 7 nitrogen and oxygen atoms in total. The molecule has 0 aliphatic carbocycles. The highest BCUT2D eigenvalue weighted by Gasteiger charge is 2.35. The number of hydrogen-bond acceptors (Lipinski definition) is 6. The van der Waals surface area contributed by atoms with Gasteiger partial charge >= 0.3 is 0 Å². The van der Waals surface area contributed by atoms with Gasteiger partial charge in [-0.25, -0.2) is 8.42 Å². The Bertz CT molecular complexity index is 1340. The Morgan fingerprint density at radius 2 is 2.00 bits per heavy atom. The topological polar surface area (TPSA) is 95.2 Å². The minimum atomic E-state index is -3.80. The van der Waals surface area contributed by atoms with Crippen LogP contribution in [-0.2, 0) is 21.4 Å². The quantitative estimate of drug-likeness (QED) is 0.424. The molecule has 0 bridgehead atoms. The molecule has 0 aromatic carbocycles. The third kappa shape index (κ3) is 4.13. The van der Waals surface area contributed by atoms with Crippen molar-refractivity contribution in [2.24, 2.45) is 0 Å². The minimum absolute atomic E-state index is 0.182. The number of carbonyl (C=O) groups excluding carboxylic acids is 1. The molecule has 1 amide bonds. The lowest BCUT2D eigenvalue weighted by atomic mass is 10.3. The van der Waals surface area contributed by atoms with Crippen LogP contribution < -0.4 is 4.72 Å². The summed E-state index contributed by atoms with van der Waals surface area (Å²) in [6.45, 7) is 0.886. The third-order valence-electron chi connectivity index (χ3n) is 5.10. The van der Waals surface area contributed by atoms with E-state index in [4.69, 9.17) is 11.6 Å². The van der Waals surface area contributed by atoms with Gasteiger partial charge in [0.2, 0.25) is 5.91 Å². The number of pyridine rings is 1. The Morgan fingerprint density at radius 3 is 2.77 bits per heavy atom. The standard InChI is InChI=1S/C20H17ClN4O3S3/c21-18-3-1-16(29-18)17-2-4-19(30-17)31(27,28)24-14-6-8-25(20(14)26)11-13-9-12-5-7-22-10-15(12)23-13/h1-5,7,9-10,14,23-24H,6,8,11H2/t14-/m0/s1. The van der Waals surface area contributed by atoms with E-state index in [2.05, 4.69) is 14.7 Å². The van der Waals surface area contributed by atoms with E-state index in [-0.39, 0.29) is 10.1 Å². The molecular formula is C20H17ClN4O3S3. The molecule has 0 radical (unpaired) electrons. The Morgan fingerprint density at radius 1 is 1.19 bits per heavy atom. The zero-order valence-corrected chi connectivity index (χ0v) is 19.2. The van der Waals surface area contributed by atoms with Crippen molar-refractivity contribution in [1.29, 1.82) is 0 Å². The Balaban J connectivity index is 1.28. The van der Waals surface area contributed by atoms with Crippen molar-refractivity contribution >= 4 is 61.1 Å². The molecule has 5 rings (SSSR count). The van der Waals surface area contributed by atoms with E-state index in [1.807, 2.05) is 18.2 Å². The second-order valence-electron chi connectivity index (χ2n) is 7.20. The van der Waals surface area contributed by atoms with Crippen LogP contribution in [0, 0.1) is 0 Å². The van der Waals surface area contributed by atoms with Gasteiger partial charge in [-0.3, -0.25) is 9.78 Å². The third-order valence-corrected chi connectivity index (χ3v) is 9.57. The smallest absolute Gasteiger partial charge is 0.250 e. The molecule has 4 aromatic heterocycles. The van der Waals surface area contributed by atoms with E-state index < -0.39 is 16.1 Å². The predicted molar refractivity (Wildman–Crippen MR) is 123 cm³/mol. The van der Waals surface area contributed by atoms with Crippen molar-refractivity contribution in [1.82, 2.24) is 19.6 Å². The number of hydrogen-bond donors (Lipinski definition) is 2. The fraction of sp³-hybridized carbons (Fsp3) is 0.200. The number of amides is 1. The van der Waals surface area contributed by atoms with Crippen LogP contribution in [0.15, 0.2) is 53.0 Å². The monoisotopic (exact) mass is 492 g/mol. The largest absolute Gasteiger partial charge is 0.356 e. The Kier molecular flexibility index (Phi) is 5.35. The van der Waals surface area contributed by atoms with Crippen molar-refractivity contribution < 1.29 is 13.2 Å². The maximum atomic E-state index is 12.9. The van der Waals surface area contributed by atoms with Gasteiger partial charge < -0.3 is 9.88 Å². The van der Waals surface area contributed by atoms with Crippen LogP contribution in [-0.4, -0.2) is 41.8 Å². The summed E-state index contributed by atoms with van der Waals surface area (Å²) in [5.41, 5.74) is 1.79. The van der Waals surface area contributed by atoms with Crippen LogP contribution in [0.1, 0.15) is 12.1 Å². The summed E-state index contributed by atoms with van der Waals surface area (Å²) in [4.78, 5) is 23.6. The number of nitrogens with zero attached hydrogens (tertiary/aromatic N) is 2. The Hall–Kier alpha value is -2.24. The average Bonchev–Trinajstić information content (AvgIpc) is 3.51. The first kappa shape index (κ1) is 20.7. The molecule has 1 saturated heterocycles. The van der Waals surface area contributed by atoms with E-state index in [1.165, 1.54) is 11.3 Å². The molecular weight excluding hydrogens is 476 g/mol. The molecule has 1 fully saturated rings. The molecule has 1 atom stereocenters. The lowest BCUT2D eigenvalue weighted by Crippen LogP contribution is -2.41. The molecule has 2 N–H and O–H groups in total. The zero-order valence-electron chi connectivity index (χ0n) is 16.0. The lowest BCUT2D eigenvalue weighted by Gasteiger charge is -2.16. The van der Waals surface area contributed by atoms with Gasteiger partial charge in [0, 0.05) is 33.6 Å². The van der Waals surface area contributed by atoms with Gasteiger partial charge in [-0.15, -0.1) is 22.7 Å². The fourth-order valence-corrected chi connectivity index (χ4v) is 7.30. The molecule has 0 saturated carbocycles. The van der Waals surface area contributed by atoms with Crippen LogP contribution in [0.5, 0.6) is 0 Å². The minimum Gasteiger partial charge on any atom is -0.356 e. The normalized spacial score (nSPS) is 17.1. The van der Waals surface area contributed by atoms with Gasteiger partial charge in [-0.05, 0) is 42.8 Å². The van der Waals surface area contributed by atoms with Crippen molar-refractivity contribution in [2.75, 3.05) is 6.54 Å². The van der Waals surface area contributed by atoms with Crippen molar-refractivity contribution in [3.05, 3.63) is 58.8 Å². The molecule has 160 valence electrons. The number of fused-ring (bicyclic) bond motifs is 1. The van der Waals surface area contributed by atoms with E-state index in [1.54, 1.807) is 35.5 Å². The summed E-state index contributed by atoms with van der Waals surface area (Å²) in [6, 6.07) is 10.1. The average molecular weight is 493 g/mol. The first-order valence-electron chi connectivity index (χ1n) is 9.47. The van der Waals surface area contributed by atoms with Gasteiger partial charge in [-0.2, -0.15) is 4.72 Å². The van der Waals surface area contributed by atoms with Gasteiger partial charge in [-0.1, -0.05) is 11.6 Å². The van der Waals surface area contributed by atoms with Gasteiger partial charge in [0.05, 0.1) is 22.6 Å². The highest BCUT2D eigenvalue weighted by molar-refractivity contribution is 7.91. The van der Waals surface area contributed by atoms with Crippen molar-refractivity contribution in [3.63, 3.8) is 0 Å². The molecule has 11 heteroatoms. The summed E-state index contributed by atoms with van der Waals surface area (Å²) in [6.07, 6.45) is 3.88. The highest BCUT2D eigenvalue weighted by Crippen LogP contribution is 2.37. The van der Waals surface area contributed by atoms with Crippen molar-refractivity contribution in [2.45, 2.75) is 23.2 Å². The number of H-pyrrole nitrogens is 1. The van der Waals surface area contributed by atoms with Gasteiger partial charge in [0.1, 0.15) is 10.3 Å². The van der Waals surface area contributed by atoms with E-state index in [0.717, 1.165) is 37.7 Å². The highest BCUT2D eigenvalue weighted by atomic mass is 35.5. The molecule has 0 unspecified atom stereocenters. The summed E-state index contributed by atoms with van der Waals surface area (Å²) in [5, 5.41) is 1.02. The number of nitrogens with one attached hydrogen (secondary N) is 2. The lowest BCUT2D eigenvalue weighted by molar-refractivity contribution is -0.129. The maximum absolute atomic E-state index is 12.9. The van der Waals surface area contributed by atoms with Crippen LogP contribution >= 0.6 is 34.3 Å². The number of rotatable bonds is 6. The molecule has 0 spiro atoms. The molecule has 31 heavy (non-hydrogen) atoms. The summed E-state index contributed by atoms with van der Waals surface area (Å²) in [7, 11) is -3.80. The van der Waals surface area contributed by atoms with Gasteiger partial charge in [0.15, 0.2) is 0 Å². The zero-order chi connectivity index (χ0) is 21.6. The summed E-state index contributed by atoms with van der Waals surface area (Å²) in [5.74, 6) is -0.220. The molecule has 1 aliphatic heterocycles. The van der Waals surface area contributed by atoms with E-state index in [0.29, 0.717) is 23.8 Å². The number of halogens is 1. The number of likely N-dealkylation sites (tertiary alicyclic amines) is 1. The van der Waals surface area contributed by atoms with Crippen molar-refractivity contribution in [3.8, 4) is 9.75 Å². The predicted octanol–water partition coefficient (Wildman–Crippen LogP) is 4.09. The SMILES string of the molecule is O=C1[C@@H](NS(=O)(=O)c2ccc(-c3ccc(Cl)s3)s2)CCN1Cc1cc2ccncc2[nH]1. The Labute approximate surface area is 191 Å². The fourth-order valence-electron chi connectivity index (χ4n) is 3.62. The number of aromatic nitrogens is 2. The number of sulfonamides is 1. The van der Waals surface area contributed by atoms with E-state index in [9.17, 15) is 13.2 Å². The number of aromatic amines is 1. The molecule has 4 aromatic rings. The second kappa shape index (κ2) is 8.03. The number of carbonyl (C=O) groups is 1. The first-order chi connectivity index (χ1) is 14.9. The van der Waals surface area contributed by atoms with Gasteiger partial charge in [0.25, 0.3) is 10.0 Å². The number of thiophene rings is 2. The molecule has 1 aliphatic rings. The summed E-state index contributed by atoms with van der Waals surface area (Å²) < 4.78 is 29.1. The van der Waals surface area contributed by atoms with Crippen LogP contribution in [0.3, 0.4) is 0 Å².